The van der Waals surface area contributed by atoms with E-state index in [4.69, 9.17) is 4.74 Å². The number of nitrogens with zero attached hydrogens (tertiary/aromatic N) is 1. The number of halogens is 1. The predicted molar refractivity (Wildman–Crippen MR) is 69.0 cm³/mol. The van der Waals surface area contributed by atoms with Crippen molar-refractivity contribution in [3.8, 4) is 0 Å². The van der Waals surface area contributed by atoms with Gasteiger partial charge in [0.2, 0.25) is 0 Å². The average Bonchev–Trinajstić information content (AvgIpc) is 2.81. The summed E-state index contributed by atoms with van der Waals surface area (Å²) in [4.78, 5) is 11.9. The number of aromatic nitrogens is 1. The van der Waals surface area contributed by atoms with Gasteiger partial charge in [0.05, 0.1) is 6.10 Å². The van der Waals surface area contributed by atoms with Gasteiger partial charge in [-0.15, -0.1) is 0 Å². The van der Waals surface area contributed by atoms with Gasteiger partial charge in [0.25, 0.3) is 5.91 Å². The van der Waals surface area contributed by atoms with Crippen LogP contribution < -0.4 is 5.32 Å². The van der Waals surface area contributed by atoms with Crippen molar-refractivity contribution in [2.24, 2.45) is 13.0 Å². The standard InChI is InChI=1S/C12H17BrN2O2/c1-8-9(3-4-17-8)6-14-12(16)11-5-10(13)7-15(11)2/h5,7-9H,3-4,6H2,1-2H3,(H,14,16). The van der Waals surface area contributed by atoms with Gasteiger partial charge in [-0.2, -0.15) is 0 Å². The number of hydrogen-bond acceptors (Lipinski definition) is 2. The molecule has 0 aromatic carbocycles. The van der Waals surface area contributed by atoms with E-state index in [0.717, 1.165) is 17.5 Å². The predicted octanol–water partition coefficient (Wildman–Crippen LogP) is 1.94. The second-order valence-corrected chi connectivity index (χ2v) is 5.40. The molecule has 5 heteroatoms. The molecule has 2 unspecified atom stereocenters. The molecule has 1 aromatic rings. The third-order valence-corrected chi connectivity index (χ3v) is 3.70. The largest absolute Gasteiger partial charge is 0.378 e. The molecule has 94 valence electrons. The molecule has 2 heterocycles. The van der Waals surface area contributed by atoms with E-state index in [1.807, 2.05) is 23.9 Å². The summed E-state index contributed by atoms with van der Waals surface area (Å²) in [5.41, 5.74) is 0.670. The topological polar surface area (TPSA) is 43.3 Å². The number of amides is 1. The highest BCUT2D eigenvalue weighted by atomic mass is 79.9. The first kappa shape index (κ1) is 12.6. The maximum atomic E-state index is 11.9. The third kappa shape index (κ3) is 2.90. The smallest absolute Gasteiger partial charge is 0.267 e. The van der Waals surface area contributed by atoms with Crippen molar-refractivity contribution in [1.82, 2.24) is 9.88 Å². The van der Waals surface area contributed by atoms with Gasteiger partial charge < -0.3 is 14.6 Å². The van der Waals surface area contributed by atoms with Crippen LogP contribution in [0.25, 0.3) is 0 Å². The summed E-state index contributed by atoms with van der Waals surface area (Å²) in [5.74, 6) is 0.403. The lowest BCUT2D eigenvalue weighted by molar-refractivity contribution is 0.0900. The van der Waals surface area contributed by atoms with Crippen LogP contribution in [0.2, 0.25) is 0 Å². The molecule has 4 nitrogen and oxygen atoms in total. The SMILES string of the molecule is CC1OCCC1CNC(=O)c1cc(Br)cn1C. The first-order chi connectivity index (χ1) is 8.08. The van der Waals surface area contributed by atoms with Crippen LogP contribution in [-0.2, 0) is 11.8 Å². The van der Waals surface area contributed by atoms with Crippen molar-refractivity contribution < 1.29 is 9.53 Å². The summed E-state index contributed by atoms with van der Waals surface area (Å²) < 4.78 is 8.20. The molecule has 1 N–H and O–H groups in total. The average molecular weight is 301 g/mol. The molecular formula is C12H17BrN2O2. The number of ether oxygens (including phenoxy) is 1. The molecule has 0 aliphatic carbocycles. The molecule has 1 aliphatic rings. The van der Waals surface area contributed by atoms with Crippen molar-refractivity contribution in [2.45, 2.75) is 19.4 Å². The molecule has 2 rings (SSSR count). The first-order valence-electron chi connectivity index (χ1n) is 5.79. The molecule has 1 saturated heterocycles. The molecule has 1 amide bonds. The van der Waals surface area contributed by atoms with Crippen LogP contribution in [0.1, 0.15) is 23.8 Å². The van der Waals surface area contributed by atoms with Crippen LogP contribution in [0.5, 0.6) is 0 Å². The lowest BCUT2D eigenvalue weighted by Gasteiger charge is -2.14. The van der Waals surface area contributed by atoms with Crippen LogP contribution >= 0.6 is 15.9 Å². The Labute approximate surface area is 109 Å². The lowest BCUT2D eigenvalue weighted by atomic mass is 10.0. The molecule has 0 radical (unpaired) electrons. The summed E-state index contributed by atoms with van der Waals surface area (Å²) in [6, 6.07) is 1.82. The maximum absolute atomic E-state index is 11.9. The Morgan fingerprint density at radius 1 is 1.71 bits per heavy atom. The Hall–Kier alpha value is -0.810. The number of nitrogens with one attached hydrogen (secondary N) is 1. The van der Waals surface area contributed by atoms with E-state index in [1.54, 1.807) is 0 Å². The monoisotopic (exact) mass is 300 g/mol. The Bertz CT molecular complexity index is 417. The number of aryl methyl sites for hydroxylation is 1. The van der Waals surface area contributed by atoms with Gasteiger partial charge in [-0.1, -0.05) is 0 Å². The highest BCUT2D eigenvalue weighted by molar-refractivity contribution is 9.10. The molecule has 0 saturated carbocycles. The van der Waals surface area contributed by atoms with Crippen molar-refractivity contribution in [1.29, 1.82) is 0 Å². The van der Waals surface area contributed by atoms with E-state index >= 15 is 0 Å². The fourth-order valence-electron chi connectivity index (χ4n) is 2.11. The van der Waals surface area contributed by atoms with Crippen molar-refractivity contribution in [3.05, 3.63) is 22.4 Å². The highest BCUT2D eigenvalue weighted by Crippen LogP contribution is 2.19. The molecule has 1 fully saturated rings. The van der Waals surface area contributed by atoms with E-state index in [-0.39, 0.29) is 12.0 Å². The van der Waals surface area contributed by atoms with Gasteiger partial charge in [-0.25, -0.2) is 0 Å². The van der Waals surface area contributed by atoms with Crippen molar-refractivity contribution in [3.63, 3.8) is 0 Å². The minimum atomic E-state index is -0.0303. The summed E-state index contributed by atoms with van der Waals surface area (Å²) in [6.45, 7) is 3.54. The summed E-state index contributed by atoms with van der Waals surface area (Å²) in [6.07, 6.45) is 3.14. The van der Waals surface area contributed by atoms with Crippen LogP contribution in [0, 0.1) is 5.92 Å². The Morgan fingerprint density at radius 3 is 3.00 bits per heavy atom. The number of rotatable bonds is 3. The Morgan fingerprint density at radius 2 is 2.47 bits per heavy atom. The second kappa shape index (κ2) is 5.23. The number of hydrogen-bond donors (Lipinski definition) is 1. The quantitative estimate of drug-likeness (QED) is 0.927. The van der Waals surface area contributed by atoms with E-state index < -0.39 is 0 Å². The fraction of sp³-hybridized carbons (Fsp3) is 0.583. The first-order valence-corrected chi connectivity index (χ1v) is 6.59. The van der Waals surface area contributed by atoms with Gasteiger partial charge in [0.1, 0.15) is 5.69 Å². The fourth-order valence-corrected chi connectivity index (χ4v) is 2.63. The van der Waals surface area contributed by atoms with Crippen LogP contribution in [0.3, 0.4) is 0 Å². The Balaban J connectivity index is 1.91. The van der Waals surface area contributed by atoms with Crippen LogP contribution in [0.4, 0.5) is 0 Å². The van der Waals surface area contributed by atoms with Crippen molar-refractivity contribution in [2.75, 3.05) is 13.2 Å². The van der Waals surface area contributed by atoms with Gasteiger partial charge in [-0.3, -0.25) is 4.79 Å². The van der Waals surface area contributed by atoms with E-state index in [0.29, 0.717) is 18.2 Å². The van der Waals surface area contributed by atoms with Gasteiger partial charge >= 0.3 is 0 Å². The zero-order valence-corrected chi connectivity index (χ0v) is 11.7. The normalized spacial score (nSPS) is 23.9. The van der Waals surface area contributed by atoms with Crippen LogP contribution in [-0.4, -0.2) is 29.7 Å². The van der Waals surface area contributed by atoms with E-state index in [9.17, 15) is 4.79 Å². The van der Waals surface area contributed by atoms with Gasteiger partial charge in [-0.05, 0) is 35.3 Å². The minimum Gasteiger partial charge on any atom is -0.378 e. The zero-order chi connectivity index (χ0) is 12.4. The molecule has 2 atom stereocenters. The third-order valence-electron chi connectivity index (χ3n) is 3.26. The number of carbonyl (C=O) groups is 1. The minimum absolute atomic E-state index is 0.0303. The maximum Gasteiger partial charge on any atom is 0.267 e. The molecule has 1 aromatic heterocycles. The van der Waals surface area contributed by atoms with Crippen LogP contribution in [0.15, 0.2) is 16.7 Å². The lowest BCUT2D eigenvalue weighted by Crippen LogP contribution is -2.32. The second-order valence-electron chi connectivity index (χ2n) is 4.49. The van der Waals surface area contributed by atoms with Crippen molar-refractivity contribution >= 4 is 21.8 Å². The zero-order valence-electron chi connectivity index (χ0n) is 10.1. The van der Waals surface area contributed by atoms with Gasteiger partial charge in [0.15, 0.2) is 0 Å². The molecule has 0 bridgehead atoms. The van der Waals surface area contributed by atoms with Gasteiger partial charge in [0, 0.05) is 36.8 Å². The molecule has 17 heavy (non-hydrogen) atoms. The molecular weight excluding hydrogens is 284 g/mol. The number of carbonyl (C=O) groups excluding carboxylic acids is 1. The van der Waals surface area contributed by atoms with E-state index in [1.165, 1.54) is 0 Å². The summed E-state index contributed by atoms with van der Waals surface area (Å²) in [7, 11) is 1.86. The summed E-state index contributed by atoms with van der Waals surface area (Å²) in [5, 5.41) is 2.96. The summed E-state index contributed by atoms with van der Waals surface area (Å²) >= 11 is 3.36. The highest BCUT2D eigenvalue weighted by Gasteiger charge is 2.24. The van der Waals surface area contributed by atoms with E-state index in [2.05, 4.69) is 28.2 Å². The molecule has 1 aliphatic heterocycles. The molecule has 0 spiro atoms. The Kier molecular flexibility index (Phi) is 3.89.